The van der Waals surface area contributed by atoms with Crippen molar-refractivity contribution in [3.63, 3.8) is 0 Å². The van der Waals surface area contributed by atoms with E-state index in [-0.39, 0.29) is 0 Å². The molecule has 0 saturated heterocycles. The third-order valence-corrected chi connectivity index (χ3v) is 2.92. The van der Waals surface area contributed by atoms with E-state index in [1.54, 1.807) is 0 Å². The van der Waals surface area contributed by atoms with Crippen molar-refractivity contribution >= 4 is 29.8 Å². The first-order valence-corrected chi connectivity index (χ1v) is 7.92. The van der Waals surface area contributed by atoms with Crippen molar-refractivity contribution in [2.45, 2.75) is 59.0 Å². The third-order valence-electron chi connectivity index (χ3n) is 2.92. The molecule has 0 spiro atoms. The molecule has 0 saturated carbocycles. The van der Waals surface area contributed by atoms with Crippen molar-refractivity contribution in [1.82, 2.24) is 0 Å². The quantitative estimate of drug-likeness (QED) is 0.295. The standard InChI is InChI=1S/C17H24O10/c1-7-14(24-10(3)19)16(26-12(5)21)17(27-13(6)22)15(25-11(4)20)8-23-9(2)18/h7,14-17H,1,8H2,2-6H3/t14-,15-,16+,17+/m0/s1. The van der Waals surface area contributed by atoms with E-state index in [9.17, 15) is 24.0 Å². The first-order chi connectivity index (χ1) is 12.5. The molecule has 10 nitrogen and oxygen atoms in total. The van der Waals surface area contributed by atoms with Gasteiger partial charge in [0, 0.05) is 34.6 Å². The van der Waals surface area contributed by atoms with E-state index < -0.39 is 60.9 Å². The average molecular weight is 388 g/mol. The predicted octanol–water partition coefficient (Wildman–Crippen LogP) is 0.462. The summed E-state index contributed by atoms with van der Waals surface area (Å²) in [7, 11) is 0. The Balaban J connectivity index is 6.00. The summed E-state index contributed by atoms with van der Waals surface area (Å²) >= 11 is 0. The van der Waals surface area contributed by atoms with Crippen LogP contribution in [0.2, 0.25) is 0 Å². The van der Waals surface area contributed by atoms with Crippen LogP contribution in [0.3, 0.4) is 0 Å². The van der Waals surface area contributed by atoms with Crippen molar-refractivity contribution in [2.24, 2.45) is 0 Å². The zero-order chi connectivity index (χ0) is 21.1. The molecule has 0 N–H and O–H groups in total. The van der Waals surface area contributed by atoms with Crippen LogP contribution in [-0.2, 0) is 47.7 Å². The number of hydrogen-bond acceptors (Lipinski definition) is 10. The number of rotatable bonds is 10. The maximum Gasteiger partial charge on any atom is 0.303 e. The Labute approximate surface area is 156 Å². The molecule has 0 aromatic rings. The summed E-state index contributed by atoms with van der Waals surface area (Å²) in [5, 5.41) is 0. The Morgan fingerprint density at radius 1 is 0.704 bits per heavy atom. The summed E-state index contributed by atoms with van der Waals surface area (Å²) in [6.07, 6.45) is -4.27. The van der Waals surface area contributed by atoms with Gasteiger partial charge in [-0.15, -0.1) is 0 Å². The number of hydrogen-bond donors (Lipinski definition) is 0. The van der Waals surface area contributed by atoms with Gasteiger partial charge in [-0.3, -0.25) is 24.0 Å². The molecule has 27 heavy (non-hydrogen) atoms. The molecule has 0 heterocycles. The van der Waals surface area contributed by atoms with Crippen molar-refractivity contribution < 1.29 is 47.7 Å². The lowest BCUT2D eigenvalue weighted by molar-refractivity contribution is -0.199. The Morgan fingerprint density at radius 3 is 1.52 bits per heavy atom. The van der Waals surface area contributed by atoms with Gasteiger partial charge in [0.15, 0.2) is 24.4 Å². The number of carbonyl (C=O) groups excluding carboxylic acids is 5. The third kappa shape index (κ3) is 9.97. The summed E-state index contributed by atoms with van der Waals surface area (Å²) in [4.78, 5) is 57.0. The fourth-order valence-corrected chi connectivity index (χ4v) is 2.11. The fourth-order valence-electron chi connectivity index (χ4n) is 2.11. The zero-order valence-corrected chi connectivity index (χ0v) is 15.9. The molecule has 0 aromatic carbocycles. The van der Waals surface area contributed by atoms with Crippen molar-refractivity contribution in [3.05, 3.63) is 12.7 Å². The summed E-state index contributed by atoms with van der Waals surface area (Å²) in [5.41, 5.74) is 0. The highest BCUT2D eigenvalue weighted by Crippen LogP contribution is 2.20. The highest BCUT2D eigenvalue weighted by Gasteiger charge is 2.42. The van der Waals surface area contributed by atoms with Crippen molar-refractivity contribution in [3.8, 4) is 0 Å². The fraction of sp³-hybridized carbons (Fsp3) is 0.588. The van der Waals surface area contributed by atoms with Gasteiger partial charge in [-0.2, -0.15) is 0 Å². The van der Waals surface area contributed by atoms with Crippen LogP contribution in [0.15, 0.2) is 12.7 Å². The first-order valence-electron chi connectivity index (χ1n) is 7.92. The van der Waals surface area contributed by atoms with Crippen LogP contribution in [0.4, 0.5) is 0 Å². The molecule has 0 aliphatic rings. The van der Waals surface area contributed by atoms with Gasteiger partial charge in [-0.25, -0.2) is 0 Å². The van der Waals surface area contributed by atoms with Crippen LogP contribution in [0, 0.1) is 0 Å². The van der Waals surface area contributed by atoms with E-state index in [0.29, 0.717) is 0 Å². The van der Waals surface area contributed by atoms with Crippen LogP contribution in [-0.4, -0.2) is 60.9 Å². The molecular weight excluding hydrogens is 364 g/mol. The molecule has 152 valence electrons. The van der Waals surface area contributed by atoms with E-state index in [4.69, 9.17) is 23.7 Å². The molecule has 0 rings (SSSR count). The highest BCUT2D eigenvalue weighted by molar-refractivity contribution is 5.69. The lowest BCUT2D eigenvalue weighted by Gasteiger charge is -2.34. The van der Waals surface area contributed by atoms with Gasteiger partial charge in [0.25, 0.3) is 0 Å². The van der Waals surface area contributed by atoms with Crippen LogP contribution in [0.1, 0.15) is 34.6 Å². The lowest BCUT2D eigenvalue weighted by Crippen LogP contribution is -2.52. The molecule has 0 aliphatic carbocycles. The summed E-state index contributed by atoms with van der Waals surface area (Å²) < 4.78 is 25.2. The second-order valence-corrected chi connectivity index (χ2v) is 5.41. The maximum atomic E-state index is 11.6. The van der Waals surface area contributed by atoms with Crippen LogP contribution in [0.25, 0.3) is 0 Å². The molecule has 0 radical (unpaired) electrons. The molecule has 0 amide bonds. The molecule has 0 aromatic heterocycles. The topological polar surface area (TPSA) is 132 Å². The van der Waals surface area contributed by atoms with Gasteiger partial charge in [0.05, 0.1) is 0 Å². The Morgan fingerprint density at radius 2 is 1.15 bits per heavy atom. The van der Waals surface area contributed by atoms with Gasteiger partial charge in [0.2, 0.25) is 0 Å². The molecule has 0 aliphatic heterocycles. The first kappa shape index (κ1) is 24.1. The molecule has 4 atom stereocenters. The molecular formula is C17H24O10. The second kappa shape index (κ2) is 11.7. The summed E-state index contributed by atoms with van der Waals surface area (Å²) in [6.45, 7) is 8.49. The van der Waals surface area contributed by atoms with E-state index >= 15 is 0 Å². The smallest absolute Gasteiger partial charge is 0.303 e. The van der Waals surface area contributed by atoms with E-state index in [2.05, 4.69) is 6.58 Å². The Kier molecular flexibility index (Phi) is 10.4. The number of carbonyl (C=O) groups is 5. The molecule has 0 fully saturated rings. The minimum absolute atomic E-state index is 0.492. The minimum Gasteiger partial charge on any atom is -0.462 e. The summed E-state index contributed by atoms with van der Waals surface area (Å²) in [6, 6.07) is 0. The Hall–Kier alpha value is -2.91. The van der Waals surface area contributed by atoms with Gasteiger partial charge in [-0.1, -0.05) is 6.58 Å². The normalized spacial score (nSPS) is 14.6. The zero-order valence-electron chi connectivity index (χ0n) is 15.9. The van der Waals surface area contributed by atoms with Crippen LogP contribution < -0.4 is 0 Å². The SMILES string of the molecule is C=C[C@H](OC(C)=O)[C@@H](OC(C)=O)[C@H](OC(C)=O)[C@H](COC(C)=O)OC(C)=O. The van der Waals surface area contributed by atoms with Crippen LogP contribution in [0.5, 0.6) is 0 Å². The number of ether oxygens (including phenoxy) is 5. The highest BCUT2D eigenvalue weighted by atomic mass is 16.6. The maximum absolute atomic E-state index is 11.6. The van der Waals surface area contributed by atoms with E-state index in [1.807, 2.05) is 0 Å². The van der Waals surface area contributed by atoms with Crippen LogP contribution >= 0.6 is 0 Å². The summed E-state index contributed by atoms with van der Waals surface area (Å²) in [5.74, 6) is -3.76. The largest absolute Gasteiger partial charge is 0.462 e. The molecule has 10 heteroatoms. The average Bonchev–Trinajstić information content (AvgIpc) is 2.51. The van der Waals surface area contributed by atoms with Gasteiger partial charge in [0.1, 0.15) is 6.61 Å². The number of esters is 5. The van der Waals surface area contributed by atoms with E-state index in [0.717, 1.165) is 40.7 Å². The van der Waals surface area contributed by atoms with E-state index in [1.165, 1.54) is 0 Å². The van der Waals surface area contributed by atoms with Gasteiger partial charge in [-0.05, 0) is 6.08 Å². The lowest BCUT2D eigenvalue weighted by atomic mass is 10.0. The minimum atomic E-state index is -1.45. The molecule has 0 bridgehead atoms. The predicted molar refractivity (Wildman–Crippen MR) is 89.0 cm³/mol. The van der Waals surface area contributed by atoms with Gasteiger partial charge < -0.3 is 23.7 Å². The molecule has 0 unspecified atom stereocenters. The van der Waals surface area contributed by atoms with Gasteiger partial charge >= 0.3 is 29.8 Å². The Bertz CT molecular complexity index is 582. The van der Waals surface area contributed by atoms with Crippen molar-refractivity contribution in [1.29, 1.82) is 0 Å². The second-order valence-electron chi connectivity index (χ2n) is 5.41. The van der Waals surface area contributed by atoms with Crippen molar-refractivity contribution in [2.75, 3.05) is 6.61 Å². The monoisotopic (exact) mass is 388 g/mol.